The van der Waals surface area contributed by atoms with Crippen molar-refractivity contribution in [2.24, 2.45) is 0 Å². The van der Waals surface area contributed by atoms with E-state index >= 15 is 0 Å². The van der Waals surface area contributed by atoms with E-state index < -0.39 is 10.9 Å². The van der Waals surface area contributed by atoms with Gasteiger partial charge in [0.25, 0.3) is 0 Å². The van der Waals surface area contributed by atoms with Crippen LogP contribution in [0, 0.1) is 10.1 Å². The first-order valence-corrected chi connectivity index (χ1v) is 6.29. The van der Waals surface area contributed by atoms with Crippen molar-refractivity contribution in [1.29, 1.82) is 0 Å². The van der Waals surface area contributed by atoms with Gasteiger partial charge >= 0.3 is 11.7 Å². The molecule has 0 unspecified atom stereocenters. The zero-order valence-electron chi connectivity index (χ0n) is 12.0. The van der Waals surface area contributed by atoms with E-state index in [9.17, 15) is 14.9 Å². The summed E-state index contributed by atoms with van der Waals surface area (Å²) < 4.78 is 9.62. The van der Waals surface area contributed by atoms with Crippen LogP contribution in [0.1, 0.15) is 10.4 Å². The molecule has 0 bridgehead atoms. The second-order valence-electron chi connectivity index (χ2n) is 4.40. The molecule has 0 heterocycles. The van der Waals surface area contributed by atoms with Gasteiger partial charge in [-0.05, 0) is 29.8 Å². The molecule has 0 saturated heterocycles. The maximum absolute atomic E-state index is 11.6. The number of benzene rings is 2. The molecule has 0 saturated carbocycles. The van der Waals surface area contributed by atoms with Crippen LogP contribution in [0.4, 0.5) is 11.4 Å². The Bertz CT molecular complexity index is 725. The minimum absolute atomic E-state index is 0.0357. The molecule has 0 spiro atoms. The van der Waals surface area contributed by atoms with Crippen LogP contribution in [0.15, 0.2) is 36.4 Å². The van der Waals surface area contributed by atoms with Gasteiger partial charge < -0.3 is 15.2 Å². The average Bonchev–Trinajstić information content (AvgIpc) is 2.53. The zero-order valence-corrected chi connectivity index (χ0v) is 12.0. The van der Waals surface area contributed by atoms with Crippen molar-refractivity contribution < 1.29 is 19.2 Å². The molecule has 7 nitrogen and oxygen atoms in total. The molecule has 0 amide bonds. The summed E-state index contributed by atoms with van der Waals surface area (Å²) in [5.41, 5.74) is 6.12. The highest BCUT2D eigenvalue weighted by Gasteiger charge is 2.25. The fourth-order valence-corrected chi connectivity index (χ4v) is 2.10. The van der Waals surface area contributed by atoms with Gasteiger partial charge in [0.2, 0.25) is 0 Å². The van der Waals surface area contributed by atoms with Crippen LogP contribution < -0.4 is 10.5 Å². The van der Waals surface area contributed by atoms with Crippen molar-refractivity contribution in [3.63, 3.8) is 0 Å². The topological polar surface area (TPSA) is 105 Å². The van der Waals surface area contributed by atoms with Gasteiger partial charge in [0.1, 0.15) is 11.4 Å². The third-order valence-corrected chi connectivity index (χ3v) is 3.21. The average molecular weight is 302 g/mol. The van der Waals surface area contributed by atoms with Crippen molar-refractivity contribution in [1.82, 2.24) is 0 Å². The lowest BCUT2D eigenvalue weighted by Gasteiger charge is -2.09. The molecule has 7 heteroatoms. The van der Waals surface area contributed by atoms with Gasteiger partial charge in [-0.25, -0.2) is 4.79 Å². The first kappa shape index (κ1) is 15.3. The number of hydrogen-bond donors (Lipinski definition) is 1. The maximum atomic E-state index is 11.6. The Morgan fingerprint density at radius 3 is 2.27 bits per heavy atom. The Labute approximate surface area is 126 Å². The van der Waals surface area contributed by atoms with E-state index in [-0.39, 0.29) is 16.9 Å². The summed E-state index contributed by atoms with van der Waals surface area (Å²) in [5, 5.41) is 11.4. The lowest BCUT2D eigenvalue weighted by molar-refractivity contribution is -0.383. The largest absolute Gasteiger partial charge is 0.497 e. The van der Waals surface area contributed by atoms with Gasteiger partial charge in [-0.15, -0.1) is 0 Å². The first-order valence-electron chi connectivity index (χ1n) is 6.29. The summed E-state index contributed by atoms with van der Waals surface area (Å²) in [6.45, 7) is 0. The molecule has 0 aliphatic rings. The van der Waals surface area contributed by atoms with Gasteiger partial charge in [0, 0.05) is 0 Å². The van der Waals surface area contributed by atoms with E-state index in [1.165, 1.54) is 26.4 Å². The molecule has 2 aromatic carbocycles. The molecule has 22 heavy (non-hydrogen) atoms. The SMILES string of the molecule is COC(=O)c1ccc(-c2ccc(OC)cc2)c([N+](=O)[O-])c1N. The van der Waals surface area contributed by atoms with Crippen LogP contribution in [0.5, 0.6) is 5.75 Å². The number of nitrogens with two attached hydrogens (primary N) is 1. The van der Waals surface area contributed by atoms with Crippen LogP contribution in [-0.4, -0.2) is 25.1 Å². The van der Waals surface area contributed by atoms with Crippen LogP contribution in [0.2, 0.25) is 0 Å². The van der Waals surface area contributed by atoms with Crippen LogP contribution in [0.25, 0.3) is 11.1 Å². The molecule has 2 rings (SSSR count). The highest BCUT2D eigenvalue weighted by Crippen LogP contribution is 2.37. The van der Waals surface area contributed by atoms with Crippen molar-refractivity contribution in [2.75, 3.05) is 20.0 Å². The predicted molar refractivity (Wildman–Crippen MR) is 80.8 cm³/mol. The number of esters is 1. The lowest BCUT2D eigenvalue weighted by Crippen LogP contribution is -2.08. The minimum atomic E-state index is -0.720. The molecule has 0 aliphatic carbocycles. The van der Waals surface area contributed by atoms with Gasteiger partial charge in [-0.1, -0.05) is 12.1 Å². The van der Waals surface area contributed by atoms with E-state index in [1.54, 1.807) is 24.3 Å². The number of ether oxygens (including phenoxy) is 2. The number of nitrogen functional groups attached to an aromatic ring is 1. The normalized spacial score (nSPS) is 10.1. The second-order valence-corrected chi connectivity index (χ2v) is 4.40. The molecule has 0 aromatic heterocycles. The molecule has 0 aliphatic heterocycles. The molecule has 0 atom stereocenters. The zero-order chi connectivity index (χ0) is 16.3. The molecule has 2 aromatic rings. The number of nitro groups is 1. The number of carbonyl (C=O) groups excluding carboxylic acids is 1. The Hall–Kier alpha value is -3.09. The summed E-state index contributed by atoms with van der Waals surface area (Å²) >= 11 is 0. The van der Waals surface area contributed by atoms with E-state index in [2.05, 4.69) is 4.74 Å². The third kappa shape index (κ3) is 2.69. The third-order valence-electron chi connectivity index (χ3n) is 3.21. The number of anilines is 1. The number of carbonyl (C=O) groups is 1. The minimum Gasteiger partial charge on any atom is -0.497 e. The number of nitro benzene ring substituents is 1. The van der Waals surface area contributed by atoms with Gasteiger partial charge in [-0.2, -0.15) is 0 Å². The fourth-order valence-electron chi connectivity index (χ4n) is 2.10. The predicted octanol–water partition coefficient (Wildman–Crippen LogP) is 2.64. The summed E-state index contributed by atoms with van der Waals surface area (Å²) in [7, 11) is 2.71. The van der Waals surface area contributed by atoms with Crippen molar-refractivity contribution >= 4 is 17.3 Å². The first-order chi connectivity index (χ1) is 10.5. The number of hydrogen-bond acceptors (Lipinski definition) is 6. The summed E-state index contributed by atoms with van der Waals surface area (Å²) in [6, 6.07) is 9.61. The second kappa shape index (κ2) is 6.13. The van der Waals surface area contributed by atoms with E-state index in [4.69, 9.17) is 10.5 Å². The van der Waals surface area contributed by atoms with Crippen LogP contribution >= 0.6 is 0 Å². The molecular formula is C15H14N2O5. The van der Waals surface area contributed by atoms with Crippen LogP contribution in [-0.2, 0) is 4.74 Å². The fraction of sp³-hybridized carbons (Fsp3) is 0.133. The number of rotatable bonds is 4. The van der Waals surface area contributed by atoms with Gasteiger partial charge in [-0.3, -0.25) is 10.1 Å². The standard InChI is InChI=1S/C15H14N2O5/c1-21-10-5-3-9(4-6-10)11-7-8-12(15(18)22-2)13(16)14(11)17(19)20/h3-8H,16H2,1-2H3. The maximum Gasteiger partial charge on any atom is 0.340 e. The Balaban J connectivity index is 2.63. The highest BCUT2D eigenvalue weighted by molar-refractivity contribution is 6.00. The quantitative estimate of drug-likeness (QED) is 0.403. The van der Waals surface area contributed by atoms with Crippen molar-refractivity contribution in [3.8, 4) is 16.9 Å². The monoisotopic (exact) mass is 302 g/mol. The molecule has 0 fully saturated rings. The summed E-state index contributed by atoms with van der Waals surface area (Å²) in [5.74, 6) is -0.0903. The van der Waals surface area contributed by atoms with Gasteiger partial charge in [0.15, 0.2) is 0 Å². The smallest absolute Gasteiger partial charge is 0.340 e. The Morgan fingerprint density at radius 1 is 1.14 bits per heavy atom. The van der Waals surface area contributed by atoms with E-state index in [1.807, 2.05) is 0 Å². The lowest BCUT2D eigenvalue weighted by atomic mass is 9.99. The van der Waals surface area contributed by atoms with Crippen molar-refractivity contribution in [2.45, 2.75) is 0 Å². The Morgan fingerprint density at radius 2 is 1.77 bits per heavy atom. The number of nitrogens with zero attached hydrogens (tertiary/aromatic N) is 1. The van der Waals surface area contributed by atoms with Crippen LogP contribution in [0.3, 0.4) is 0 Å². The van der Waals surface area contributed by atoms with Gasteiger partial charge in [0.05, 0.1) is 30.3 Å². The van der Waals surface area contributed by atoms with E-state index in [0.717, 1.165) is 0 Å². The molecule has 2 N–H and O–H groups in total. The summed E-state index contributed by atoms with van der Waals surface area (Å²) in [6.07, 6.45) is 0. The molecular weight excluding hydrogens is 288 g/mol. The Kier molecular flexibility index (Phi) is 4.26. The molecule has 0 radical (unpaired) electrons. The summed E-state index contributed by atoms with van der Waals surface area (Å²) in [4.78, 5) is 22.3. The molecule has 114 valence electrons. The highest BCUT2D eigenvalue weighted by atomic mass is 16.6. The number of methoxy groups -OCH3 is 2. The van der Waals surface area contributed by atoms with Crippen molar-refractivity contribution in [3.05, 3.63) is 52.1 Å². The van der Waals surface area contributed by atoms with E-state index in [0.29, 0.717) is 16.9 Å².